The molecule has 0 unspecified atom stereocenters. The molecule has 0 atom stereocenters. The molecule has 0 saturated carbocycles. The molecule has 0 amide bonds. The molecular formula is C34H24ClN3O2. The van der Waals surface area contributed by atoms with Crippen molar-refractivity contribution in [3.05, 3.63) is 142 Å². The molecule has 0 radical (unpaired) electrons. The van der Waals surface area contributed by atoms with Crippen LogP contribution in [0.3, 0.4) is 0 Å². The lowest BCUT2D eigenvalue weighted by Crippen LogP contribution is -2.23. The Morgan fingerprint density at radius 1 is 0.775 bits per heavy atom. The maximum absolute atomic E-state index is 13.9. The average molecular weight is 542 g/mol. The topological polar surface area (TPSA) is 57.0 Å². The Morgan fingerprint density at radius 3 is 2.20 bits per heavy atom. The maximum atomic E-state index is 13.9. The van der Waals surface area contributed by atoms with Gasteiger partial charge in [0.2, 0.25) is 0 Å². The van der Waals surface area contributed by atoms with E-state index in [0.29, 0.717) is 16.4 Å². The number of hydrogen-bond acceptors (Lipinski definition) is 4. The van der Waals surface area contributed by atoms with Crippen molar-refractivity contribution >= 4 is 34.7 Å². The fraction of sp³-hybridized carbons (Fsp3) is 0.0294. The van der Waals surface area contributed by atoms with Gasteiger partial charge in [-0.3, -0.25) is 9.36 Å². The summed E-state index contributed by atoms with van der Waals surface area (Å²) in [6.07, 6.45) is 5.37. The first-order valence-electron chi connectivity index (χ1n) is 12.8. The Hall–Kier alpha value is -5.00. The van der Waals surface area contributed by atoms with Crippen molar-refractivity contribution in [2.24, 2.45) is 0 Å². The lowest BCUT2D eigenvalue weighted by atomic mass is 10.0. The average Bonchev–Trinajstić information content (AvgIpc) is 3.01. The van der Waals surface area contributed by atoms with Crippen LogP contribution in [0.25, 0.3) is 51.4 Å². The predicted molar refractivity (Wildman–Crippen MR) is 163 cm³/mol. The summed E-state index contributed by atoms with van der Waals surface area (Å²) in [7, 11) is 1.64. The third kappa shape index (κ3) is 5.03. The van der Waals surface area contributed by atoms with Crippen LogP contribution in [0.1, 0.15) is 11.1 Å². The van der Waals surface area contributed by atoms with E-state index in [1.165, 1.54) is 0 Å². The van der Waals surface area contributed by atoms with Crippen LogP contribution in [0.2, 0.25) is 5.02 Å². The largest absolute Gasteiger partial charge is 0.497 e. The first kappa shape index (κ1) is 25.3. The first-order chi connectivity index (χ1) is 19.6. The number of benzene rings is 4. The van der Waals surface area contributed by atoms with E-state index >= 15 is 0 Å². The zero-order chi connectivity index (χ0) is 27.5. The lowest BCUT2D eigenvalue weighted by Gasteiger charge is -2.13. The third-order valence-electron chi connectivity index (χ3n) is 6.66. The molecule has 0 N–H and O–H groups in total. The van der Waals surface area contributed by atoms with E-state index in [1.807, 2.05) is 121 Å². The number of ether oxygens (including phenoxy) is 1. The maximum Gasteiger partial charge on any atom is 0.265 e. The summed E-state index contributed by atoms with van der Waals surface area (Å²) in [6, 6.07) is 34.6. The van der Waals surface area contributed by atoms with Crippen LogP contribution < -0.4 is 10.3 Å². The molecule has 0 aliphatic rings. The second kappa shape index (κ2) is 11.0. The van der Waals surface area contributed by atoms with Gasteiger partial charge in [0.25, 0.3) is 5.56 Å². The fourth-order valence-electron chi connectivity index (χ4n) is 4.63. The molecule has 194 valence electrons. The molecule has 0 spiro atoms. The number of halogens is 1. The van der Waals surface area contributed by atoms with Crippen molar-refractivity contribution in [3.8, 4) is 34.1 Å². The first-order valence-corrected chi connectivity index (χ1v) is 13.1. The molecule has 6 rings (SSSR count). The van der Waals surface area contributed by atoms with Crippen molar-refractivity contribution in [2.75, 3.05) is 7.11 Å². The summed E-state index contributed by atoms with van der Waals surface area (Å²) in [6.45, 7) is 0. The fourth-order valence-corrected chi connectivity index (χ4v) is 4.76. The Kier molecular flexibility index (Phi) is 6.96. The number of fused-ring (bicyclic) bond motifs is 1. The molecule has 40 heavy (non-hydrogen) atoms. The zero-order valence-electron chi connectivity index (χ0n) is 21.7. The number of hydrogen-bond donors (Lipinski definition) is 0. The molecule has 0 saturated heterocycles. The minimum atomic E-state index is -0.162. The molecular weight excluding hydrogens is 518 g/mol. The summed E-state index contributed by atoms with van der Waals surface area (Å²) in [5.74, 6) is 1.31. The minimum Gasteiger partial charge on any atom is -0.497 e. The van der Waals surface area contributed by atoms with Crippen LogP contribution in [0.4, 0.5) is 0 Å². The zero-order valence-corrected chi connectivity index (χ0v) is 22.4. The highest BCUT2D eigenvalue weighted by atomic mass is 35.5. The number of aromatic nitrogens is 3. The lowest BCUT2D eigenvalue weighted by molar-refractivity contribution is 0.415. The van der Waals surface area contributed by atoms with Gasteiger partial charge in [0.05, 0.1) is 29.6 Å². The molecule has 0 fully saturated rings. The summed E-state index contributed by atoms with van der Waals surface area (Å²) >= 11 is 6.12. The Morgan fingerprint density at radius 2 is 1.48 bits per heavy atom. The molecule has 4 aromatic carbocycles. The van der Waals surface area contributed by atoms with Gasteiger partial charge in [-0.25, -0.2) is 9.97 Å². The van der Waals surface area contributed by atoms with Crippen LogP contribution >= 0.6 is 11.6 Å². The number of methoxy groups -OCH3 is 1. The van der Waals surface area contributed by atoms with Crippen LogP contribution in [-0.2, 0) is 0 Å². The van der Waals surface area contributed by atoms with Gasteiger partial charge in [0.1, 0.15) is 11.6 Å². The van der Waals surface area contributed by atoms with Gasteiger partial charge in [-0.15, -0.1) is 0 Å². The summed E-state index contributed by atoms with van der Waals surface area (Å²) in [5, 5.41) is 1.57. The summed E-state index contributed by atoms with van der Waals surface area (Å²) in [5.41, 5.74) is 5.36. The van der Waals surface area contributed by atoms with Gasteiger partial charge in [-0.1, -0.05) is 78.3 Å². The SMILES string of the molecule is COc1ccc2nc(-c3ccc(Cl)cc3)cc(/C=C/c3cnc(-c4ccccc4)n(-c4ccccc4)c3=O)c2c1. The van der Waals surface area contributed by atoms with E-state index in [9.17, 15) is 4.79 Å². The second-order valence-corrected chi connectivity index (χ2v) is 9.64. The van der Waals surface area contributed by atoms with Crippen molar-refractivity contribution in [1.82, 2.24) is 14.5 Å². The molecule has 6 aromatic rings. The predicted octanol–water partition coefficient (Wildman–Crippen LogP) is 7.95. The highest BCUT2D eigenvalue weighted by molar-refractivity contribution is 6.30. The van der Waals surface area contributed by atoms with Gasteiger partial charge in [0, 0.05) is 27.7 Å². The van der Waals surface area contributed by atoms with Gasteiger partial charge in [-0.2, -0.15) is 0 Å². The molecule has 5 nitrogen and oxygen atoms in total. The summed E-state index contributed by atoms with van der Waals surface area (Å²) < 4.78 is 7.13. The number of rotatable bonds is 6. The standard InChI is InChI=1S/C34H24ClN3O2/c1-40-29-18-19-31-30(21-29)25(20-32(37-31)23-14-16-27(35)17-15-23)12-13-26-22-36-33(24-8-4-2-5-9-24)38(34(26)39)28-10-6-3-7-11-28/h2-22H,1H3/b13-12+. The quantitative estimate of drug-likeness (QED) is 0.215. The highest BCUT2D eigenvalue weighted by Crippen LogP contribution is 2.30. The molecule has 2 aromatic heterocycles. The molecule has 2 heterocycles. The molecule has 0 aliphatic carbocycles. The van der Waals surface area contributed by atoms with Crippen LogP contribution in [0.15, 0.2) is 120 Å². The van der Waals surface area contributed by atoms with E-state index in [2.05, 4.69) is 0 Å². The van der Waals surface area contributed by atoms with Crippen molar-refractivity contribution in [3.63, 3.8) is 0 Å². The van der Waals surface area contributed by atoms with Crippen molar-refractivity contribution in [2.45, 2.75) is 0 Å². The van der Waals surface area contributed by atoms with E-state index in [1.54, 1.807) is 17.9 Å². The van der Waals surface area contributed by atoms with Gasteiger partial charge in [-0.05, 0) is 60.2 Å². The number of pyridine rings is 1. The van der Waals surface area contributed by atoms with Crippen molar-refractivity contribution in [1.29, 1.82) is 0 Å². The van der Waals surface area contributed by atoms with E-state index < -0.39 is 0 Å². The van der Waals surface area contributed by atoms with E-state index in [4.69, 9.17) is 26.3 Å². The highest BCUT2D eigenvalue weighted by Gasteiger charge is 2.13. The Labute approximate surface area is 236 Å². The van der Waals surface area contributed by atoms with E-state index in [0.717, 1.165) is 44.7 Å². The number of nitrogens with zero attached hydrogens (tertiary/aromatic N) is 3. The van der Waals surface area contributed by atoms with Crippen LogP contribution in [0.5, 0.6) is 5.75 Å². The Bertz CT molecular complexity index is 1900. The smallest absolute Gasteiger partial charge is 0.265 e. The normalized spacial score (nSPS) is 11.2. The molecule has 6 heteroatoms. The van der Waals surface area contributed by atoms with Gasteiger partial charge < -0.3 is 4.74 Å². The van der Waals surface area contributed by atoms with Crippen molar-refractivity contribution < 1.29 is 4.74 Å². The van der Waals surface area contributed by atoms with Gasteiger partial charge in [0.15, 0.2) is 0 Å². The second-order valence-electron chi connectivity index (χ2n) is 9.20. The van der Waals surface area contributed by atoms with Crippen LogP contribution in [0, 0.1) is 0 Å². The number of para-hydroxylation sites is 1. The molecule has 0 bridgehead atoms. The minimum absolute atomic E-state index is 0.162. The van der Waals surface area contributed by atoms with E-state index in [-0.39, 0.29) is 5.56 Å². The van der Waals surface area contributed by atoms with Gasteiger partial charge >= 0.3 is 0 Å². The molecule has 0 aliphatic heterocycles. The van der Waals surface area contributed by atoms with Crippen LogP contribution in [-0.4, -0.2) is 21.6 Å². The summed E-state index contributed by atoms with van der Waals surface area (Å²) in [4.78, 5) is 23.5. The Balaban J connectivity index is 1.51. The monoisotopic (exact) mass is 541 g/mol. The third-order valence-corrected chi connectivity index (χ3v) is 6.92.